The summed E-state index contributed by atoms with van der Waals surface area (Å²) in [5.74, 6) is 0. The number of para-hydroxylation sites is 1. The van der Waals surface area contributed by atoms with E-state index in [0.29, 0.717) is 6.67 Å². The highest BCUT2D eigenvalue weighted by Crippen LogP contribution is 2.04. The van der Waals surface area contributed by atoms with E-state index in [1.165, 1.54) is 5.01 Å². The van der Waals surface area contributed by atoms with Crippen LogP contribution in [0.5, 0.6) is 0 Å². The van der Waals surface area contributed by atoms with Crippen LogP contribution in [0.25, 0.3) is 0 Å². The molecule has 1 aromatic rings. The monoisotopic (exact) mass is 165 g/mol. The number of nitrogens with one attached hydrogen (secondary N) is 1. The topological polar surface area (TPSA) is 44.7 Å². The number of benzene rings is 1. The molecule has 0 fully saturated rings. The quantitative estimate of drug-likeness (QED) is 0.419. The maximum atomic E-state index is 9.96. The minimum Gasteiger partial charge on any atom is -0.366 e. The van der Waals surface area contributed by atoms with E-state index in [2.05, 4.69) is 10.6 Å². The van der Waals surface area contributed by atoms with Crippen LogP contribution in [-0.4, -0.2) is 18.7 Å². The number of hydrogen-bond acceptors (Lipinski definition) is 3. The first-order chi connectivity index (χ1) is 5.83. The van der Waals surface area contributed by atoms with E-state index < -0.39 is 0 Å². The molecule has 0 aromatic heterocycles. The van der Waals surface area contributed by atoms with Crippen LogP contribution in [-0.2, 0) is 0 Å². The molecule has 4 nitrogen and oxygen atoms in total. The number of rotatable bonds is 4. The van der Waals surface area contributed by atoms with Crippen molar-refractivity contribution in [1.82, 2.24) is 5.01 Å². The summed E-state index contributed by atoms with van der Waals surface area (Å²) in [5, 5.41) is 7.04. The van der Waals surface area contributed by atoms with Crippen LogP contribution >= 0.6 is 0 Å². The fraction of sp³-hybridized carbons (Fsp3) is 0.250. The Labute approximate surface area is 71.1 Å². The molecule has 0 saturated carbocycles. The SMILES string of the molecule is CN(CNc1ccccc1)N=O. The highest BCUT2D eigenvalue weighted by molar-refractivity contribution is 5.41. The predicted octanol–water partition coefficient (Wildman–Crippen LogP) is 1.67. The van der Waals surface area contributed by atoms with Crippen molar-refractivity contribution in [3.8, 4) is 0 Å². The van der Waals surface area contributed by atoms with Crippen molar-refractivity contribution in [2.75, 3.05) is 19.0 Å². The molecule has 0 atom stereocenters. The lowest BCUT2D eigenvalue weighted by Crippen LogP contribution is -2.18. The van der Waals surface area contributed by atoms with E-state index in [1.54, 1.807) is 7.05 Å². The zero-order valence-corrected chi connectivity index (χ0v) is 6.90. The van der Waals surface area contributed by atoms with E-state index in [9.17, 15) is 4.91 Å². The van der Waals surface area contributed by atoms with Gasteiger partial charge in [0.1, 0.15) is 6.67 Å². The Morgan fingerprint density at radius 1 is 1.42 bits per heavy atom. The molecule has 1 N–H and O–H groups in total. The van der Waals surface area contributed by atoms with Crippen molar-refractivity contribution in [3.63, 3.8) is 0 Å². The van der Waals surface area contributed by atoms with Crippen LogP contribution in [0, 0.1) is 4.91 Å². The molecule has 0 radical (unpaired) electrons. The summed E-state index contributed by atoms with van der Waals surface area (Å²) in [4.78, 5) is 9.96. The molecule has 64 valence electrons. The second kappa shape index (κ2) is 4.33. The molecule has 12 heavy (non-hydrogen) atoms. The molecule has 0 spiro atoms. The lowest BCUT2D eigenvalue weighted by atomic mass is 10.3. The van der Waals surface area contributed by atoms with Crippen molar-refractivity contribution in [1.29, 1.82) is 0 Å². The number of nitroso groups, excluding NO2 is 1. The lowest BCUT2D eigenvalue weighted by molar-refractivity contribution is 0.375. The summed E-state index contributed by atoms with van der Waals surface area (Å²) in [6.07, 6.45) is 0. The van der Waals surface area contributed by atoms with Gasteiger partial charge in [0.25, 0.3) is 0 Å². The van der Waals surface area contributed by atoms with Gasteiger partial charge in [0.2, 0.25) is 0 Å². The first-order valence-corrected chi connectivity index (χ1v) is 3.66. The highest BCUT2D eigenvalue weighted by Gasteiger charge is 1.92. The van der Waals surface area contributed by atoms with Crippen LogP contribution in [0.4, 0.5) is 5.69 Å². The Morgan fingerprint density at radius 3 is 2.67 bits per heavy atom. The van der Waals surface area contributed by atoms with Gasteiger partial charge in [0, 0.05) is 12.7 Å². The average molecular weight is 165 g/mol. The van der Waals surface area contributed by atoms with E-state index in [1.807, 2.05) is 30.3 Å². The van der Waals surface area contributed by atoms with E-state index in [0.717, 1.165) is 5.69 Å². The molecule has 0 aliphatic carbocycles. The number of anilines is 1. The van der Waals surface area contributed by atoms with Gasteiger partial charge in [-0.25, -0.2) is 5.01 Å². The van der Waals surface area contributed by atoms with Crippen molar-refractivity contribution in [2.24, 2.45) is 5.29 Å². The third-order valence-corrected chi connectivity index (χ3v) is 1.43. The van der Waals surface area contributed by atoms with Crippen molar-refractivity contribution in [2.45, 2.75) is 0 Å². The summed E-state index contributed by atoms with van der Waals surface area (Å²) in [6.45, 7) is 0.424. The number of hydrogen-bond donors (Lipinski definition) is 1. The Balaban J connectivity index is 2.38. The first kappa shape index (κ1) is 8.52. The maximum Gasteiger partial charge on any atom is 0.107 e. The number of nitrogens with zero attached hydrogens (tertiary/aromatic N) is 2. The molecule has 4 heteroatoms. The van der Waals surface area contributed by atoms with Crippen LogP contribution < -0.4 is 5.32 Å². The van der Waals surface area contributed by atoms with Crippen LogP contribution in [0.2, 0.25) is 0 Å². The van der Waals surface area contributed by atoms with E-state index in [4.69, 9.17) is 0 Å². The summed E-state index contributed by atoms with van der Waals surface area (Å²) in [6, 6.07) is 9.65. The molecule has 1 aromatic carbocycles. The predicted molar refractivity (Wildman–Crippen MR) is 48.5 cm³/mol. The third kappa shape index (κ3) is 2.57. The van der Waals surface area contributed by atoms with Crippen molar-refractivity contribution >= 4 is 5.69 Å². The van der Waals surface area contributed by atoms with Gasteiger partial charge in [-0.1, -0.05) is 18.2 Å². The Bertz CT molecular complexity index is 237. The Morgan fingerprint density at radius 2 is 2.08 bits per heavy atom. The molecular formula is C8H11N3O. The zero-order valence-electron chi connectivity index (χ0n) is 6.90. The standard InChI is InChI=1S/C8H11N3O/c1-11(10-12)7-9-8-5-3-2-4-6-8/h2-6,9H,7H2,1H3. The van der Waals surface area contributed by atoms with E-state index >= 15 is 0 Å². The van der Waals surface area contributed by atoms with Crippen LogP contribution in [0.1, 0.15) is 0 Å². The highest BCUT2D eigenvalue weighted by atomic mass is 16.3. The smallest absolute Gasteiger partial charge is 0.107 e. The van der Waals surface area contributed by atoms with Crippen molar-refractivity contribution < 1.29 is 0 Å². The summed E-state index contributed by atoms with van der Waals surface area (Å²) in [7, 11) is 1.61. The van der Waals surface area contributed by atoms with Gasteiger partial charge in [-0.3, -0.25) is 0 Å². The molecular weight excluding hydrogens is 154 g/mol. The maximum absolute atomic E-state index is 9.96. The average Bonchev–Trinajstić information content (AvgIpc) is 2.16. The van der Waals surface area contributed by atoms with Crippen LogP contribution in [0.3, 0.4) is 0 Å². The molecule has 0 bridgehead atoms. The molecule has 0 aliphatic rings. The van der Waals surface area contributed by atoms with Gasteiger partial charge in [-0.2, -0.15) is 0 Å². The normalized spacial score (nSPS) is 9.08. The lowest BCUT2D eigenvalue weighted by Gasteiger charge is -2.10. The molecule has 0 saturated heterocycles. The summed E-state index contributed by atoms with van der Waals surface area (Å²) >= 11 is 0. The first-order valence-electron chi connectivity index (χ1n) is 3.66. The zero-order chi connectivity index (χ0) is 8.81. The molecule has 1 rings (SSSR count). The van der Waals surface area contributed by atoms with E-state index in [-0.39, 0.29) is 0 Å². The molecule has 0 amide bonds. The molecule has 0 aliphatic heterocycles. The minimum absolute atomic E-state index is 0.424. The second-order valence-electron chi connectivity index (χ2n) is 2.44. The fourth-order valence-electron chi connectivity index (χ4n) is 0.791. The van der Waals surface area contributed by atoms with Gasteiger partial charge in [-0.15, -0.1) is 4.91 Å². The van der Waals surface area contributed by atoms with Crippen LogP contribution in [0.15, 0.2) is 35.6 Å². The Hall–Kier alpha value is -1.58. The van der Waals surface area contributed by atoms with Gasteiger partial charge < -0.3 is 5.32 Å². The van der Waals surface area contributed by atoms with Crippen molar-refractivity contribution in [3.05, 3.63) is 35.2 Å². The van der Waals surface area contributed by atoms with Gasteiger partial charge in [0.05, 0.1) is 5.29 Å². The van der Waals surface area contributed by atoms with Gasteiger partial charge in [0.15, 0.2) is 0 Å². The van der Waals surface area contributed by atoms with Gasteiger partial charge in [-0.05, 0) is 12.1 Å². The minimum atomic E-state index is 0.424. The largest absolute Gasteiger partial charge is 0.366 e. The molecule has 0 heterocycles. The summed E-state index contributed by atoms with van der Waals surface area (Å²) in [5.41, 5.74) is 0.980. The fourth-order valence-corrected chi connectivity index (χ4v) is 0.791. The summed E-state index contributed by atoms with van der Waals surface area (Å²) < 4.78 is 0. The van der Waals surface area contributed by atoms with Gasteiger partial charge >= 0.3 is 0 Å². The second-order valence-corrected chi connectivity index (χ2v) is 2.44. The third-order valence-electron chi connectivity index (χ3n) is 1.43. The molecule has 0 unspecified atom stereocenters. The Kier molecular flexibility index (Phi) is 3.07.